The second-order valence-electron chi connectivity index (χ2n) is 7.00. The number of nitrogens with two attached hydrogens (primary N) is 1. The molecule has 1 aromatic carbocycles. The van der Waals surface area contributed by atoms with Gasteiger partial charge < -0.3 is 15.3 Å². The molecule has 0 aliphatic carbocycles. The number of nitrogen functional groups attached to an aromatic ring is 1. The predicted molar refractivity (Wildman–Crippen MR) is 112 cm³/mol. The Hall–Kier alpha value is -2.35. The van der Waals surface area contributed by atoms with Crippen molar-refractivity contribution in [1.29, 1.82) is 0 Å². The Bertz CT molecular complexity index is 980. The third-order valence-electron chi connectivity index (χ3n) is 5.18. The van der Waals surface area contributed by atoms with E-state index in [2.05, 4.69) is 27.6 Å². The Morgan fingerprint density at radius 3 is 2.86 bits per heavy atom. The highest BCUT2D eigenvalue weighted by Gasteiger charge is 2.21. The number of carbonyl (C=O) groups is 1. The first-order valence-corrected chi connectivity index (χ1v) is 10.2. The van der Waals surface area contributed by atoms with Crippen molar-refractivity contribution in [3.63, 3.8) is 0 Å². The van der Waals surface area contributed by atoms with Crippen LogP contribution in [0.3, 0.4) is 0 Å². The smallest absolute Gasteiger partial charge is 0.124 e. The fraction of sp³-hybridized carbons (Fsp3) is 0.333. The van der Waals surface area contributed by atoms with Crippen molar-refractivity contribution in [3.8, 4) is 11.1 Å². The quantitative estimate of drug-likeness (QED) is 0.391. The Labute approximate surface area is 168 Å². The summed E-state index contributed by atoms with van der Waals surface area (Å²) in [4.78, 5) is 12.1. The van der Waals surface area contributed by atoms with E-state index in [9.17, 15) is 4.79 Å². The van der Waals surface area contributed by atoms with Gasteiger partial charge in [0.15, 0.2) is 0 Å². The van der Waals surface area contributed by atoms with Crippen LogP contribution in [-0.2, 0) is 16.0 Å². The van der Waals surface area contributed by atoms with Gasteiger partial charge in [-0.3, -0.25) is 0 Å². The SMILES string of the molecule is COC1CCN(Sc2cc(N)ccc2-c2ccn3ncc(CC=O)c3c2)CC1. The molecular formula is C21H24N4O2S. The zero-order chi connectivity index (χ0) is 19.5. The summed E-state index contributed by atoms with van der Waals surface area (Å²) in [6.07, 6.45) is 7.41. The molecule has 0 amide bonds. The number of rotatable bonds is 6. The number of ether oxygens (including phenoxy) is 1. The van der Waals surface area contributed by atoms with E-state index in [1.807, 2.05) is 22.8 Å². The fourth-order valence-electron chi connectivity index (χ4n) is 3.60. The Kier molecular flexibility index (Phi) is 5.66. The third kappa shape index (κ3) is 3.92. The Morgan fingerprint density at radius 1 is 1.29 bits per heavy atom. The lowest BCUT2D eigenvalue weighted by Gasteiger charge is -2.30. The molecule has 3 heterocycles. The van der Waals surface area contributed by atoms with E-state index in [4.69, 9.17) is 10.5 Å². The molecule has 1 fully saturated rings. The van der Waals surface area contributed by atoms with Crippen LogP contribution in [0.5, 0.6) is 0 Å². The van der Waals surface area contributed by atoms with E-state index < -0.39 is 0 Å². The van der Waals surface area contributed by atoms with E-state index >= 15 is 0 Å². The van der Waals surface area contributed by atoms with Crippen LogP contribution in [0.1, 0.15) is 18.4 Å². The molecule has 1 aliphatic heterocycles. The lowest BCUT2D eigenvalue weighted by atomic mass is 10.0. The molecular weight excluding hydrogens is 372 g/mol. The van der Waals surface area contributed by atoms with Crippen LogP contribution in [0.25, 0.3) is 16.6 Å². The number of piperidine rings is 1. The molecule has 3 aromatic rings. The summed E-state index contributed by atoms with van der Waals surface area (Å²) < 4.78 is 9.66. The number of carbonyl (C=O) groups excluding carboxylic acids is 1. The normalized spacial score (nSPS) is 15.9. The summed E-state index contributed by atoms with van der Waals surface area (Å²) in [6, 6.07) is 10.2. The fourth-order valence-corrected chi connectivity index (χ4v) is 4.74. The zero-order valence-electron chi connectivity index (χ0n) is 15.9. The maximum absolute atomic E-state index is 11.0. The summed E-state index contributed by atoms with van der Waals surface area (Å²) in [5, 5.41) is 4.33. The van der Waals surface area contributed by atoms with Crippen molar-refractivity contribution in [2.45, 2.75) is 30.3 Å². The highest BCUT2D eigenvalue weighted by atomic mass is 32.2. The van der Waals surface area contributed by atoms with Gasteiger partial charge in [-0.1, -0.05) is 6.07 Å². The van der Waals surface area contributed by atoms with E-state index in [0.29, 0.717) is 12.5 Å². The van der Waals surface area contributed by atoms with Gasteiger partial charge in [-0.15, -0.1) is 0 Å². The Balaban J connectivity index is 1.65. The van der Waals surface area contributed by atoms with Crippen LogP contribution in [0, 0.1) is 0 Å². The zero-order valence-corrected chi connectivity index (χ0v) is 16.7. The number of hydrogen-bond acceptors (Lipinski definition) is 6. The molecule has 1 aliphatic rings. The van der Waals surface area contributed by atoms with Gasteiger partial charge in [0.05, 0.1) is 17.8 Å². The number of nitrogens with zero attached hydrogens (tertiary/aromatic N) is 3. The minimum absolute atomic E-state index is 0.359. The highest BCUT2D eigenvalue weighted by molar-refractivity contribution is 7.97. The van der Waals surface area contributed by atoms with Gasteiger partial charge in [-0.25, -0.2) is 8.82 Å². The number of fused-ring (bicyclic) bond motifs is 1. The number of hydrogen-bond donors (Lipinski definition) is 1. The monoisotopic (exact) mass is 396 g/mol. The number of benzene rings is 1. The second kappa shape index (κ2) is 8.34. The summed E-state index contributed by atoms with van der Waals surface area (Å²) in [5.41, 5.74) is 11.0. The van der Waals surface area contributed by atoms with E-state index in [0.717, 1.165) is 65.0 Å². The highest BCUT2D eigenvalue weighted by Crippen LogP contribution is 2.37. The van der Waals surface area contributed by atoms with E-state index in [1.165, 1.54) is 0 Å². The maximum atomic E-state index is 11.0. The van der Waals surface area contributed by atoms with Crippen molar-refractivity contribution in [2.24, 2.45) is 0 Å². The van der Waals surface area contributed by atoms with E-state index in [1.54, 1.807) is 25.3 Å². The lowest BCUT2D eigenvalue weighted by Crippen LogP contribution is -2.32. The van der Waals surface area contributed by atoms with Crippen LogP contribution in [0.4, 0.5) is 5.69 Å². The molecule has 2 N–H and O–H groups in total. The first-order valence-electron chi connectivity index (χ1n) is 9.43. The van der Waals surface area contributed by atoms with Crippen molar-refractivity contribution < 1.29 is 9.53 Å². The number of pyridine rings is 1. The summed E-state index contributed by atoms with van der Waals surface area (Å²) in [5.74, 6) is 0. The summed E-state index contributed by atoms with van der Waals surface area (Å²) in [6.45, 7) is 1.98. The summed E-state index contributed by atoms with van der Waals surface area (Å²) >= 11 is 1.75. The van der Waals surface area contributed by atoms with Crippen molar-refractivity contribution in [1.82, 2.24) is 13.9 Å². The van der Waals surface area contributed by atoms with Crippen molar-refractivity contribution >= 4 is 29.4 Å². The van der Waals surface area contributed by atoms with Gasteiger partial charge in [0, 0.05) is 49.0 Å². The second-order valence-corrected chi connectivity index (χ2v) is 8.14. The molecule has 0 spiro atoms. The Morgan fingerprint density at radius 2 is 2.11 bits per heavy atom. The van der Waals surface area contributed by atoms with Gasteiger partial charge in [-0.2, -0.15) is 5.10 Å². The molecule has 7 heteroatoms. The van der Waals surface area contributed by atoms with Crippen LogP contribution in [-0.4, -0.2) is 46.5 Å². The predicted octanol–water partition coefficient (Wildman–Crippen LogP) is 3.44. The first-order chi connectivity index (χ1) is 13.7. The standard InChI is InChI=1S/C21H24N4O2S/c1-27-18-5-8-24(9-6-18)28-21-13-17(22)2-3-19(21)15-4-10-25-20(12-15)16(7-11-26)14-23-25/h2-4,10-14,18H,5-9,22H2,1H3. The molecule has 6 nitrogen and oxygen atoms in total. The van der Waals surface area contributed by atoms with Gasteiger partial charge in [0.1, 0.15) is 6.29 Å². The van der Waals surface area contributed by atoms with Crippen LogP contribution >= 0.6 is 11.9 Å². The summed E-state index contributed by atoms with van der Waals surface area (Å²) in [7, 11) is 1.79. The average molecular weight is 397 g/mol. The number of methoxy groups -OCH3 is 1. The van der Waals surface area contributed by atoms with Gasteiger partial charge in [0.25, 0.3) is 0 Å². The molecule has 2 aromatic heterocycles. The molecule has 0 unspecified atom stereocenters. The molecule has 0 saturated carbocycles. The van der Waals surface area contributed by atoms with Crippen molar-refractivity contribution in [2.75, 3.05) is 25.9 Å². The van der Waals surface area contributed by atoms with E-state index in [-0.39, 0.29) is 0 Å². The lowest BCUT2D eigenvalue weighted by molar-refractivity contribution is -0.107. The topological polar surface area (TPSA) is 72.9 Å². The van der Waals surface area contributed by atoms with Crippen LogP contribution in [0.15, 0.2) is 47.6 Å². The van der Waals surface area contributed by atoms with Gasteiger partial charge >= 0.3 is 0 Å². The van der Waals surface area contributed by atoms with Crippen molar-refractivity contribution in [3.05, 3.63) is 48.3 Å². The molecule has 0 bridgehead atoms. The minimum Gasteiger partial charge on any atom is -0.399 e. The molecule has 4 rings (SSSR count). The molecule has 28 heavy (non-hydrogen) atoms. The molecule has 0 radical (unpaired) electrons. The number of aldehydes is 1. The van der Waals surface area contributed by atoms with Gasteiger partial charge in [0.2, 0.25) is 0 Å². The molecule has 146 valence electrons. The minimum atomic E-state index is 0.359. The third-order valence-corrected chi connectivity index (χ3v) is 6.34. The van der Waals surface area contributed by atoms with Crippen LogP contribution in [0.2, 0.25) is 0 Å². The number of aromatic nitrogens is 2. The average Bonchev–Trinajstić information content (AvgIpc) is 3.11. The number of anilines is 1. The first kappa shape index (κ1) is 19.0. The maximum Gasteiger partial charge on any atom is 0.124 e. The molecule has 1 saturated heterocycles. The van der Waals surface area contributed by atoms with Crippen LogP contribution < -0.4 is 5.73 Å². The molecule has 0 atom stereocenters. The largest absolute Gasteiger partial charge is 0.399 e. The van der Waals surface area contributed by atoms with Gasteiger partial charge in [-0.05, 0) is 60.2 Å².